The first-order valence-corrected chi connectivity index (χ1v) is 7.27. The number of ketones is 1. The lowest BCUT2D eigenvalue weighted by Gasteiger charge is -2.44. The molecule has 1 aromatic carbocycles. The highest BCUT2D eigenvalue weighted by Gasteiger charge is 2.36. The number of allylic oxidation sites excluding steroid dienone is 1. The number of nitrogens with one attached hydrogen (secondary N) is 1. The molecular weight excluding hydrogens is 234 g/mol. The van der Waals surface area contributed by atoms with Crippen LogP contribution in [-0.2, 0) is 11.2 Å². The molecule has 1 aliphatic carbocycles. The summed E-state index contributed by atoms with van der Waals surface area (Å²) in [7, 11) is 0. The van der Waals surface area contributed by atoms with Gasteiger partial charge in [0, 0.05) is 22.9 Å². The van der Waals surface area contributed by atoms with Gasteiger partial charge in [-0.2, -0.15) is 0 Å². The van der Waals surface area contributed by atoms with E-state index in [2.05, 4.69) is 23.5 Å². The molecule has 1 aromatic rings. The molecule has 1 spiro atoms. The molecule has 1 aliphatic heterocycles. The lowest BCUT2D eigenvalue weighted by molar-refractivity contribution is -0.112. The van der Waals surface area contributed by atoms with Crippen molar-refractivity contribution in [3.8, 4) is 0 Å². The summed E-state index contributed by atoms with van der Waals surface area (Å²) in [5.41, 5.74) is 3.80. The summed E-state index contributed by atoms with van der Waals surface area (Å²) in [4.78, 5) is 11.5. The summed E-state index contributed by atoms with van der Waals surface area (Å²) in [6.45, 7) is 1.62. The highest BCUT2D eigenvalue weighted by molar-refractivity contribution is 5.95. The SMILES string of the molecule is CC(=O)/C=C1\NC2(CCCCC2)Cc2ccccc21. The smallest absolute Gasteiger partial charge is 0.154 e. The van der Waals surface area contributed by atoms with Crippen LogP contribution in [0.4, 0.5) is 0 Å². The highest BCUT2D eigenvalue weighted by Crippen LogP contribution is 2.38. The number of fused-ring (bicyclic) bond motifs is 1. The number of carbonyl (C=O) groups excluding carboxylic acids is 1. The maximum absolute atomic E-state index is 11.5. The van der Waals surface area contributed by atoms with Gasteiger partial charge in [-0.05, 0) is 31.7 Å². The van der Waals surface area contributed by atoms with E-state index in [1.54, 1.807) is 13.0 Å². The van der Waals surface area contributed by atoms with Gasteiger partial charge in [0.15, 0.2) is 5.78 Å². The summed E-state index contributed by atoms with van der Waals surface area (Å²) >= 11 is 0. The molecule has 0 radical (unpaired) electrons. The fourth-order valence-corrected chi connectivity index (χ4v) is 3.55. The predicted molar refractivity (Wildman–Crippen MR) is 77.8 cm³/mol. The number of rotatable bonds is 1. The molecule has 1 fully saturated rings. The van der Waals surface area contributed by atoms with Crippen molar-refractivity contribution in [2.24, 2.45) is 0 Å². The summed E-state index contributed by atoms with van der Waals surface area (Å²) in [6, 6.07) is 8.48. The van der Waals surface area contributed by atoms with E-state index in [0.29, 0.717) is 0 Å². The zero-order valence-corrected chi connectivity index (χ0v) is 11.5. The summed E-state index contributed by atoms with van der Waals surface area (Å²) in [5, 5.41) is 3.70. The van der Waals surface area contributed by atoms with Gasteiger partial charge >= 0.3 is 0 Å². The lowest BCUT2D eigenvalue weighted by atomic mass is 9.74. The molecule has 1 heterocycles. The Hall–Kier alpha value is -1.57. The molecule has 0 unspecified atom stereocenters. The normalized spacial score (nSPS) is 22.9. The second kappa shape index (κ2) is 4.84. The van der Waals surface area contributed by atoms with Gasteiger partial charge in [-0.25, -0.2) is 0 Å². The fraction of sp³-hybridized carbons (Fsp3) is 0.471. The lowest BCUT2D eigenvalue weighted by Crippen LogP contribution is -2.50. The van der Waals surface area contributed by atoms with Gasteiger partial charge in [-0.3, -0.25) is 4.79 Å². The van der Waals surface area contributed by atoms with E-state index in [4.69, 9.17) is 0 Å². The van der Waals surface area contributed by atoms with Crippen molar-refractivity contribution in [3.05, 3.63) is 41.5 Å². The van der Waals surface area contributed by atoms with Gasteiger partial charge in [0.1, 0.15) is 0 Å². The first-order chi connectivity index (χ1) is 9.19. The molecule has 3 rings (SSSR count). The average molecular weight is 255 g/mol. The van der Waals surface area contributed by atoms with Crippen molar-refractivity contribution in [1.29, 1.82) is 0 Å². The third kappa shape index (κ3) is 2.44. The number of hydrogen-bond donors (Lipinski definition) is 1. The molecule has 2 nitrogen and oxygen atoms in total. The third-order valence-corrected chi connectivity index (χ3v) is 4.39. The maximum Gasteiger partial charge on any atom is 0.154 e. The molecular formula is C17H21NO. The van der Waals surface area contributed by atoms with Crippen LogP contribution >= 0.6 is 0 Å². The molecule has 19 heavy (non-hydrogen) atoms. The van der Waals surface area contributed by atoms with E-state index in [0.717, 1.165) is 12.1 Å². The minimum Gasteiger partial charge on any atom is -0.379 e. The van der Waals surface area contributed by atoms with Crippen LogP contribution in [0.3, 0.4) is 0 Å². The van der Waals surface area contributed by atoms with Crippen LogP contribution in [0.15, 0.2) is 30.3 Å². The van der Waals surface area contributed by atoms with Crippen LogP contribution in [0.1, 0.15) is 50.2 Å². The number of carbonyl (C=O) groups is 1. The standard InChI is InChI=1S/C17H21NO/c1-13(19)11-16-15-8-4-3-7-14(15)12-17(18-16)9-5-2-6-10-17/h3-4,7-8,11,18H,2,5-6,9-10,12H2,1H3/b16-11-. The molecule has 0 aromatic heterocycles. The minimum atomic E-state index is 0.116. The second-order valence-electron chi connectivity index (χ2n) is 5.97. The zero-order chi connectivity index (χ0) is 13.3. The van der Waals surface area contributed by atoms with Crippen LogP contribution in [0.2, 0.25) is 0 Å². The molecule has 2 aliphatic rings. The summed E-state index contributed by atoms with van der Waals surface area (Å²) < 4.78 is 0. The van der Waals surface area contributed by atoms with E-state index in [-0.39, 0.29) is 11.3 Å². The minimum absolute atomic E-state index is 0.116. The van der Waals surface area contributed by atoms with Crippen molar-refractivity contribution < 1.29 is 4.79 Å². The van der Waals surface area contributed by atoms with Crippen LogP contribution in [-0.4, -0.2) is 11.3 Å². The largest absolute Gasteiger partial charge is 0.379 e. The third-order valence-electron chi connectivity index (χ3n) is 4.39. The topological polar surface area (TPSA) is 29.1 Å². The van der Waals surface area contributed by atoms with Crippen LogP contribution in [0, 0.1) is 0 Å². The van der Waals surface area contributed by atoms with Gasteiger partial charge in [0.05, 0.1) is 0 Å². The Morgan fingerprint density at radius 3 is 2.68 bits per heavy atom. The molecule has 1 N–H and O–H groups in total. The Morgan fingerprint density at radius 1 is 1.21 bits per heavy atom. The Morgan fingerprint density at radius 2 is 1.95 bits per heavy atom. The van der Waals surface area contributed by atoms with E-state index >= 15 is 0 Å². The van der Waals surface area contributed by atoms with Crippen molar-refractivity contribution in [1.82, 2.24) is 5.32 Å². The van der Waals surface area contributed by atoms with Crippen molar-refractivity contribution >= 4 is 11.5 Å². The van der Waals surface area contributed by atoms with E-state index in [1.165, 1.54) is 43.2 Å². The van der Waals surface area contributed by atoms with Crippen molar-refractivity contribution in [2.45, 2.75) is 51.0 Å². The van der Waals surface area contributed by atoms with Crippen LogP contribution in [0.5, 0.6) is 0 Å². The number of benzene rings is 1. The van der Waals surface area contributed by atoms with E-state index < -0.39 is 0 Å². The number of hydrogen-bond acceptors (Lipinski definition) is 2. The van der Waals surface area contributed by atoms with Gasteiger partial charge in [-0.15, -0.1) is 0 Å². The fourth-order valence-electron chi connectivity index (χ4n) is 3.55. The van der Waals surface area contributed by atoms with Crippen molar-refractivity contribution in [3.63, 3.8) is 0 Å². The quantitative estimate of drug-likeness (QED) is 0.779. The molecule has 2 heteroatoms. The average Bonchev–Trinajstić information content (AvgIpc) is 2.39. The zero-order valence-electron chi connectivity index (χ0n) is 11.5. The molecule has 1 saturated carbocycles. The molecule has 0 bridgehead atoms. The van der Waals surface area contributed by atoms with E-state index in [1.807, 2.05) is 6.07 Å². The predicted octanol–water partition coefficient (Wildman–Crippen LogP) is 3.47. The van der Waals surface area contributed by atoms with E-state index in [9.17, 15) is 4.79 Å². The maximum atomic E-state index is 11.5. The van der Waals surface area contributed by atoms with Crippen LogP contribution in [0.25, 0.3) is 5.70 Å². The van der Waals surface area contributed by atoms with Gasteiger partial charge in [0.25, 0.3) is 0 Å². The summed E-state index contributed by atoms with van der Waals surface area (Å²) in [5.74, 6) is 0.116. The summed E-state index contributed by atoms with van der Waals surface area (Å²) in [6.07, 6.45) is 9.22. The monoisotopic (exact) mass is 255 g/mol. The van der Waals surface area contributed by atoms with Crippen LogP contribution < -0.4 is 5.32 Å². The molecule has 0 amide bonds. The second-order valence-corrected chi connectivity index (χ2v) is 5.97. The Bertz CT molecular complexity index is 524. The first-order valence-electron chi connectivity index (χ1n) is 7.27. The molecule has 0 atom stereocenters. The van der Waals surface area contributed by atoms with Crippen molar-refractivity contribution in [2.75, 3.05) is 0 Å². The Labute approximate surface area is 114 Å². The van der Waals surface area contributed by atoms with Gasteiger partial charge in [0.2, 0.25) is 0 Å². The van der Waals surface area contributed by atoms with Gasteiger partial charge < -0.3 is 5.32 Å². The first kappa shape index (κ1) is 12.5. The van der Waals surface area contributed by atoms with Gasteiger partial charge in [-0.1, -0.05) is 43.5 Å². The Kier molecular flexibility index (Phi) is 3.17. The highest BCUT2D eigenvalue weighted by atomic mass is 16.1. The molecule has 0 saturated heterocycles. The molecule has 100 valence electrons. The Balaban J connectivity index is 2.02.